The van der Waals surface area contributed by atoms with E-state index in [9.17, 15) is 26.4 Å². The third-order valence-electron chi connectivity index (χ3n) is 4.94. The lowest BCUT2D eigenvalue weighted by Crippen LogP contribution is -2.13. The summed E-state index contributed by atoms with van der Waals surface area (Å²) in [5.41, 5.74) is 1.22. The number of hydrogen-bond acceptors (Lipinski definition) is 10. The molecule has 0 unspecified atom stereocenters. The van der Waals surface area contributed by atoms with Crippen LogP contribution >= 0.6 is 0 Å². The zero-order valence-electron chi connectivity index (χ0n) is 23.6. The van der Waals surface area contributed by atoms with Crippen LogP contribution in [0.25, 0.3) is 0 Å². The minimum atomic E-state index is -3.60. The molecule has 0 fully saturated rings. The first-order valence-corrected chi connectivity index (χ1v) is 15.7. The maximum Gasteiger partial charge on any atom is 0.332 e. The van der Waals surface area contributed by atoms with Crippen molar-refractivity contribution in [1.82, 2.24) is 0 Å². The van der Waals surface area contributed by atoms with Gasteiger partial charge in [0.15, 0.2) is 19.7 Å². The molecule has 0 spiro atoms. The molecule has 0 aromatic heterocycles. The number of carboxylic acids is 2. The summed E-state index contributed by atoms with van der Waals surface area (Å²) in [7, 11) is -7.20. The summed E-state index contributed by atoms with van der Waals surface area (Å²) in [5, 5.41) is 33.7. The molecule has 0 aliphatic rings. The van der Waals surface area contributed by atoms with Crippen molar-refractivity contribution in [2.45, 2.75) is 23.6 Å². The van der Waals surface area contributed by atoms with Crippen LogP contribution < -0.4 is 0 Å². The first kappa shape index (κ1) is 38.6. The van der Waals surface area contributed by atoms with E-state index >= 15 is 0 Å². The van der Waals surface area contributed by atoms with Gasteiger partial charge in [0, 0.05) is 11.1 Å². The molecule has 42 heavy (non-hydrogen) atoms. The largest absolute Gasteiger partial charge is 0.478 e. The number of rotatable bonds is 15. The van der Waals surface area contributed by atoms with Crippen LogP contribution in [0.15, 0.2) is 82.6 Å². The molecule has 0 heterocycles. The minimum Gasteiger partial charge on any atom is -0.478 e. The normalized spacial score (nSPS) is 10.9. The fourth-order valence-corrected chi connectivity index (χ4v) is 5.29. The van der Waals surface area contributed by atoms with E-state index in [0.717, 1.165) is 11.1 Å². The van der Waals surface area contributed by atoms with E-state index < -0.39 is 43.1 Å². The van der Waals surface area contributed by atoms with Gasteiger partial charge in [0.25, 0.3) is 0 Å². The Hall–Kier alpha value is -3.40. The Morgan fingerprint density at radius 3 is 1.14 bits per heavy atom. The molecule has 0 saturated carbocycles. The highest BCUT2D eigenvalue weighted by molar-refractivity contribution is 7.92. The van der Waals surface area contributed by atoms with Gasteiger partial charge >= 0.3 is 11.9 Å². The van der Waals surface area contributed by atoms with Gasteiger partial charge < -0.3 is 29.9 Å². The van der Waals surface area contributed by atoms with Crippen molar-refractivity contribution in [1.29, 1.82) is 0 Å². The van der Waals surface area contributed by atoms with Crippen LogP contribution in [-0.4, -0.2) is 100 Å². The van der Waals surface area contributed by atoms with E-state index in [1.54, 1.807) is 24.3 Å². The number of aliphatic carboxylic acids is 2. The van der Waals surface area contributed by atoms with E-state index in [1.807, 2.05) is 13.8 Å². The topological polar surface area (TPSA) is 202 Å². The maximum absolute atomic E-state index is 11.7. The number of aliphatic hydroxyl groups is 2. The first-order valence-electron chi connectivity index (χ1n) is 12.4. The number of aliphatic hydroxyl groups excluding tert-OH is 2. The number of carboxylic acid groups (broad SMARTS) is 2. The van der Waals surface area contributed by atoms with Crippen molar-refractivity contribution in [2.24, 2.45) is 0 Å². The van der Waals surface area contributed by atoms with Gasteiger partial charge in [-0.15, -0.1) is 0 Å². The quantitative estimate of drug-likeness (QED) is 0.164. The lowest BCUT2D eigenvalue weighted by Gasteiger charge is -2.04. The number of benzene rings is 2. The highest BCUT2D eigenvalue weighted by Gasteiger charge is 2.19. The van der Waals surface area contributed by atoms with Gasteiger partial charge in [-0.1, -0.05) is 48.6 Å². The minimum absolute atomic E-state index is 0.0417. The fraction of sp³-hybridized carbons (Fsp3) is 0.357. The van der Waals surface area contributed by atoms with Crippen molar-refractivity contribution >= 4 is 31.6 Å². The second-order valence-electron chi connectivity index (χ2n) is 8.63. The summed E-state index contributed by atoms with van der Waals surface area (Å²) in [6.07, 6.45) is 0. The third kappa shape index (κ3) is 16.1. The molecule has 0 bridgehead atoms. The highest BCUT2D eigenvalue weighted by atomic mass is 32.2. The number of carbonyl (C=O) groups is 2. The lowest BCUT2D eigenvalue weighted by molar-refractivity contribution is -0.133. The zero-order valence-corrected chi connectivity index (χ0v) is 25.2. The molecule has 0 amide bonds. The molecule has 0 saturated heterocycles. The van der Waals surface area contributed by atoms with Gasteiger partial charge in [-0.05, 0) is 38.1 Å². The molecule has 14 heteroatoms. The van der Waals surface area contributed by atoms with Gasteiger partial charge in [-0.2, -0.15) is 0 Å². The summed E-state index contributed by atoms with van der Waals surface area (Å²) in [6, 6.07) is 12.5. The molecular formula is C28H38O12S2. The van der Waals surface area contributed by atoms with E-state index in [4.69, 9.17) is 29.9 Å². The summed E-state index contributed by atoms with van der Waals surface area (Å²) >= 11 is 0. The predicted octanol–water partition coefficient (Wildman–Crippen LogP) is 1.82. The van der Waals surface area contributed by atoms with Crippen molar-refractivity contribution in [3.63, 3.8) is 0 Å². The highest BCUT2D eigenvalue weighted by Crippen LogP contribution is 2.15. The molecular weight excluding hydrogens is 592 g/mol. The van der Waals surface area contributed by atoms with Crippen LogP contribution in [0.3, 0.4) is 0 Å². The second-order valence-corrected chi connectivity index (χ2v) is 12.6. The maximum atomic E-state index is 11.7. The van der Waals surface area contributed by atoms with E-state index in [2.05, 4.69) is 13.2 Å². The Morgan fingerprint density at radius 2 is 0.905 bits per heavy atom. The summed E-state index contributed by atoms with van der Waals surface area (Å²) < 4.78 is 56.7. The van der Waals surface area contributed by atoms with Crippen molar-refractivity contribution in [3.8, 4) is 0 Å². The van der Waals surface area contributed by atoms with Gasteiger partial charge in [0.05, 0.1) is 60.9 Å². The van der Waals surface area contributed by atoms with Crippen LogP contribution in [0.4, 0.5) is 0 Å². The van der Waals surface area contributed by atoms with Gasteiger partial charge in [0.1, 0.15) is 0 Å². The van der Waals surface area contributed by atoms with Crippen LogP contribution in [-0.2, 0) is 38.7 Å². The first-order chi connectivity index (χ1) is 19.6. The fourth-order valence-electron chi connectivity index (χ4n) is 2.69. The van der Waals surface area contributed by atoms with Gasteiger partial charge in [0.2, 0.25) is 0 Å². The van der Waals surface area contributed by atoms with Crippen LogP contribution in [0.1, 0.15) is 11.1 Å². The molecule has 2 aromatic rings. The summed E-state index contributed by atoms with van der Waals surface area (Å²) in [5.74, 6) is -3.72. The Bertz CT molecular complexity index is 1260. The van der Waals surface area contributed by atoms with Gasteiger partial charge in [-0.3, -0.25) is 0 Å². The molecule has 0 aliphatic heterocycles. The Labute approximate surface area is 246 Å². The van der Waals surface area contributed by atoms with Crippen molar-refractivity contribution in [2.75, 3.05) is 51.1 Å². The zero-order chi connectivity index (χ0) is 32.3. The van der Waals surface area contributed by atoms with Crippen LogP contribution in [0.2, 0.25) is 0 Å². The lowest BCUT2D eigenvalue weighted by atomic mass is 10.2. The van der Waals surface area contributed by atoms with Crippen molar-refractivity contribution < 1.29 is 56.3 Å². The number of aryl methyl sites for hydroxylation is 2. The molecule has 2 aromatic carbocycles. The van der Waals surface area contributed by atoms with Crippen LogP contribution in [0, 0.1) is 13.8 Å². The average molecular weight is 631 g/mol. The van der Waals surface area contributed by atoms with Gasteiger partial charge in [-0.25, -0.2) is 26.4 Å². The van der Waals surface area contributed by atoms with Crippen LogP contribution in [0.5, 0.6) is 0 Å². The number of sulfone groups is 2. The molecule has 12 nitrogen and oxygen atoms in total. The predicted molar refractivity (Wildman–Crippen MR) is 156 cm³/mol. The molecule has 0 atom stereocenters. The third-order valence-corrected chi connectivity index (χ3v) is 8.37. The van der Waals surface area contributed by atoms with Crippen molar-refractivity contribution in [3.05, 3.63) is 84.0 Å². The second kappa shape index (κ2) is 19.7. The molecule has 234 valence electrons. The average Bonchev–Trinajstić information content (AvgIpc) is 2.91. The van der Waals surface area contributed by atoms with E-state index in [1.165, 1.54) is 24.3 Å². The Kier molecular flexibility index (Phi) is 18.1. The Balaban J connectivity index is 0.000000620. The standard InChI is InChI=1S/2C11H12O4S.C6H14O4/c2*1-8-3-5-10(6-4-8)16(14,15)7-9(2)11(12)13;7-1-3-9-5-6-10-4-2-8/h2*3-6H,2,7H2,1H3,(H,12,13);7-8H,1-6H2. The SMILES string of the molecule is C=C(CS(=O)(=O)c1ccc(C)cc1)C(=O)O.C=C(CS(=O)(=O)c1ccc(C)cc1)C(=O)O.OCCOCCOCCO. The number of hydrogen-bond donors (Lipinski definition) is 4. The molecule has 0 aliphatic carbocycles. The van der Waals surface area contributed by atoms with E-state index in [0.29, 0.717) is 26.4 Å². The number of ether oxygens (including phenoxy) is 2. The molecule has 4 N–H and O–H groups in total. The summed E-state index contributed by atoms with van der Waals surface area (Å²) in [4.78, 5) is 21.2. The monoisotopic (exact) mass is 630 g/mol. The smallest absolute Gasteiger partial charge is 0.332 e. The van der Waals surface area contributed by atoms with E-state index in [-0.39, 0.29) is 34.2 Å². The Morgan fingerprint density at radius 1 is 0.619 bits per heavy atom. The molecule has 2 rings (SSSR count). The molecule has 0 radical (unpaired) electrons. The summed E-state index contributed by atoms with van der Waals surface area (Å²) in [6.45, 7) is 11.8.